The zero-order valence-corrected chi connectivity index (χ0v) is 9.05. The lowest BCUT2D eigenvalue weighted by atomic mass is 9.95. The average molecular weight is 200 g/mol. The maximum atomic E-state index is 11.6. The average Bonchev–Trinajstić information content (AvgIpc) is 2.12. The van der Waals surface area contributed by atoms with Gasteiger partial charge >= 0.3 is 0 Å². The Morgan fingerprint density at radius 2 is 2.36 bits per heavy atom. The first-order chi connectivity index (χ1) is 6.55. The maximum absolute atomic E-state index is 11.6. The molecule has 0 spiro atoms. The predicted octanol–water partition coefficient (Wildman–Crippen LogP) is -0.0307. The SMILES string of the molecule is CNCCC(=O)N1CCCC(C)(O)C1. The van der Waals surface area contributed by atoms with Crippen molar-refractivity contribution in [2.24, 2.45) is 0 Å². The zero-order valence-electron chi connectivity index (χ0n) is 9.05. The summed E-state index contributed by atoms with van der Waals surface area (Å²) in [5.74, 6) is 0.138. The largest absolute Gasteiger partial charge is 0.388 e. The van der Waals surface area contributed by atoms with E-state index in [-0.39, 0.29) is 5.91 Å². The van der Waals surface area contributed by atoms with Gasteiger partial charge in [-0.05, 0) is 26.8 Å². The minimum Gasteiger partial charge on any atom is -0.388 e. The first kappa shape index (κ1) is 11.5. The van der Waals surface area contributed by atoms with Gasteiger partial charge in [0, 0.05) is 26.1 Å². The maximum Gasteiger partial charge on any atom is 0.223 e. The second kappa shape index (κ2) is 4.75. The zero-order chi connectivity index (χ0) is 10.6. The van der Waals surface area contributed by atoms with Crippen LogP contribution in [-0.2, 0) is 4.79 Å². The molecule has 1 rings (SSSR count). The molecule has 82 valence electrons. The summed E-state index contributed by atoms with van der Waals surface area (Å²) in [5, 5.41) is 12.8. The molecular weight excluding hydrogens is 180 g/mol. The van der Waals surface area contributed by atoms with Gasteiger partial charge in [-0.3, -0.25) is 4.79 Å². The normalized spacial score (nSPS) is 27.8. The molecular formula is C10H20N2O2. The van der Waals surface area contributed by atoms with Crippen LogP contribution in [0.5, 0.6) is 0 Å². The topological polar surface area (TPSA) is 52.6 Å². The molecule has 1 fully saturated rings. The van der Waals surface area contributed by atoms with Gasteiger partial charge in [-0.25, -0.2) is 0 Å². The van der Waals surface area contributed by atoms with Crippen molar-refractivity contribution in [2.45, 2.75) is 31.8 Å². The van der Waals surface area contributed by atoms with Crippen LogP contribution in [-0.4, -0.2) is 48.2 Å². The highest BCUT2D eigenvalue weighted by Crippen LogP contribution is 2.20. The van der Waals surface area contributed by atoms with Gasteiger partial charge in [0.05, 0.1) is 5.60 Å². The summed E-state index contributed by atoms with van der Waals surface area (Å²) < 4.78 is 0. The van der Waals surface area contributed by atoms with E-state index in [0.717, 1.165) is 19.4 Å². The van der Waals surface area contributed by atoms with Gasteiger partial charge in [-0.15, -0.1) is 0 Å². The summed E-state index contributed by atoms with van der Waals surface area (Å²) >= 11 is 0. The van der Waals surface area contributed by atoms with Gasteiger partial charge in [-0.2, -0.15) is 0 Å². The Morgan fingerprint density at radius 3 is 2.93 bits per heavy atom. The van der Waals surface area contributed by atoms with Crippen LogP contribution in [0.3, 0.4) is 0 Å². The summed E-state index contributed by atoms with van der Waals surface area (Å²) in [6.07, 6.45) is 2.22. The van der Waals surface area contributed by atoms with Crippen molar-refractivity contribution < 1.29 is 9.90 Å². The molecule has 1 atom stereocenters. The molecule has 0 aromatic carbocycles. The van der Waals surface area contributed by atoms with Gasteiger partial charge in [0.15, 0.2) is 0 Å². The molecule has 1 saturated heterocycles. The first-order valence-corrected chi connectivity index (χ1v) is 5.20. The lowest BCUT2D eigenvalue weighted by Gasteiger charge is -2.36. The van der Waals surface area contributed by atoms with Crippen molar-refractivity contribution in [1.29, 1.82) is 0 Å². The number of aliphatic hydroxyl groups is 1. The van der Waals surface area contributed by atoms with Gasteiger partial charge < -0.3 is 15.3 Å². The molecule has 0 aromatic heterocycles. The molecule has 1 heterocycles. The van der Waals surface area contributed by atoms with Crippen LogP contribution in [0.2, 0.25) is 0 Å². The number of rotatable bonds is 3. The van der Waals surface area contributed by atoms with Crippen LogP contribution in [0.1, 0.15) is 26.2 Å². The molecule has 0 aromatic rings. The number of nitrogens with one attached hydrogen (secondary N) is 1. The van der Waals surface area contributed by atoms with E-state index in [2.05, 4.69) is 5.32 Å². The van der Waals surface area contributed by atoms with E-state index >= 15 is 0 Å². The Balaban J connectivity index is 2.40. The molecule has 1 aliphatic rings. The van der Waals surface area contributed by atoms with Gasteiger partial charge in [0.2, 0.25) is 5.91 Å². The Morgan fingerprint density at radius 1 is 1.64 bits per heavy atom. The van der Waals surface area contributed by atoms with Crippen LogP contribution in [0, 0.1) is 0 Å². The van der Waals surface area contributed by atoms with Crippen LogP contribution >= 0.6 is 0 Å². The summed E-state index contributed by atoms with van der Waals surface area (Å²) in [6.45, 7) is 3.77. The van der Waals surface area contributed by atoms with Crippen LogP contribution < -0.4 is 5.32 Å². The van der Waals surface area contributed by atoms with Crippen molar-refractivity contribution >= 4 is 5.91 Å². The second-order valence-electron chi connectivity index (χ2n) is 4.27. The molecule has 0 aliphatic carbocycles. The highest BCUT2D eigenvalue weighted by molar-refractivity contribution is 5.76. The molecule has 14 heavy (non-hydrogen) atoms. The Bertz CT molecular complexity index is 204. The standard InChI is InChI=1S/C10H20N2O2/c1-10(14)5-3-7-12(8-10)9(13)4-6-11-2/h11,14H,3-8H2,1-2H3. The van der Waals surface area contributed by atoms with Crippen molar-refractivity contribution in [2.75, 3.05) is 26.7 Å². The summed E-state index contributed by atoms with van der Waals surface area (Å²) in [6, 6.07) is 0. The number of hydrogen-bond acceptors (Lipinski definition) is 3. The number of amides is 1. The lowest BCUT2D eigenvalue weighted by Crippen LogP contribution is -2.48. The molecule has 4 heteroatoms. The fraction of sp³-hybridized carbons (Fsp3) is 0.900. The van der Waals surface area contributed by atoms with E-state index in [4.69, 9.17) is 0 Å². The van der Waals surface area contributed by atoms with Crippen molar-refractivity contribution in [3.8, 4) is 0 Å². The fourth-order valence-electron chi connectivity index (χ4n) is 1.82. The number of nitrogens with zero attached hydrogens (tertiary/aromatic N) is 1. The Hall–Kier alpha value is -0.610. The van der Waals surface area contributed by atoms with Crippen molar-refractivity contribution in [3.05, 3.63) is 0 Å². The number of piperidine rings is 1. The van der Waals surface area contributed by atoms with Crippen molar-refractivity contribution in [1.82, 2.24) is 10.2 Å². The second-order valence-corrected chi connectivity index (χ2v) is 4.27. The lowest BCUT2D eigenvalue weighted by molar-refractivity contribution is -0.137. The molecule has 1 aliphatic heterocycles. The van der Waals surface area contributed by atoms with E-state index in [0.29, 0.717) is 19.5 Å². The fourth-order valence-corrected chi connectivity index (χ4v) is 1.82. The monoisotopic (exact) mass is 200 g/mol. The quantitative estimate of drug-likeness (QED) is 0.672. The predicted molar refractivity (Wildman–Crippen MR) is 55.0 cm³/mol. The molecule has 4 nitrogen and oxygen atoms in total. The molecule has 0 radical (unpaired) electrons. The van der Waals surface area contributed by atoms with Crippen LogP contribution in [0.4, 0.5) is 0 Å². The highest BCUT2D eigenvalue weighted by Gasteiger charge is 2.30. The van der Waals surface area contributed by atoms with Gasteiger partial charge in [0.1, 0.15) is 0 Å². The van der Waals surface area contributed by atoms with E-state index in [1.54, 1.807) is 11.8 Å². The Kier molecular flexibility index (Phi) is 3.89. The summed E-state index contributed by atoms with van der Waals surface area (Å²) in [4.78, 5) is 13.4. The summed E-state index contributed by atoms with van der Waals surface area (Å²) in [7, 11) is 1.83. The van der Waals surface area contributed by atoms with E-state index < -0.39 is 5.60 Å². The van der Waals surface area contributed by atoms with Gasteiger partial charge in [0.25, 0.3) is 0 Å². The van der Waals surface area contributed by atoms with Crippen LogP contribution in [0.25, 0.3) is 0 Å². The molecule has 2 N–H and O–H groups in total. The summed E-state index contributed by atoms with van der Waals surface area (Å²) in [5.41, 5.74) is -0.687. The number of carbonyl (C=O) groups is 1. The minimum atomic E-state index is -0.687. The third-order valence-electron chi connectivity index (χ3n) is 2.62. The van der Waals surface area contributed by atoms with Crippen LogP contribution in [0.15, 0.2) is 0 Å². The Labute approximate surface area is 85.3 Å². The smallest absolute Gasteiger partial charge is 0.223 e. The third-order valence-corrected chi connectivity index (χ3v) is 2.62. The van der Waals surface area contributed by atoms with E-state index in [9.17, 15) is 9.90 Å². The minimum absolute atomic E-state index is 0.138. The molecule has 1 unspecified atom stereocenters. The van der Waals surface area contributed by atoms with E-state index in [1.165, 1.54) is 0 Å². The third kappa shape index (κ3) is 3.27. The molecule has 0 saturated carbocycles. The number of β-amino-alcohol motifs (C(OH)–C–C–N with tert-alkyl or cyclic N) is 1. The first-order valence-electron chi connectivity index (χ1n) is 5.20. The van der Waals surface area contributed by atoms with Gasteiger partial charge in [-0.1, -0.05) is 0 Å². The van der Waals surface area contributed by atoms with Crippen molar-refractivity contribution in [3.63, 3.8) is 0 Å². The number of hydrogen-bond donors (Lipinski definition) is 2. The number of carbonyl (C=O) groups excluding carboxylic acids is 1. The number of likely N-dealkylation sites (tertiary alicyclic amines) is 1. The molecule has 1 amide bonds. The highest BCUT2D eigenvalue weighted by atomic mass is 16.3. The molecule has 0 bridgehead atoms. The van der Waals surface area contributed by atoms with E-state index in [1.807, 2.05) is 7.05 Å².